The van der Waals surface area contributed by atoms with Crippen molar-refractivity contribution in [2.75, 3.05) is 0 Å². The summed E-state index contributed by atoms with van der Waals surface area (Å²) in [6.07, 6.45) is -4.73. The molecule has 9 nitrogen and oxygen atoms in total. The summed E-state index contributed by atoms with van der Waals surface area (Å²) in [6.45, 7) is 3.46. The first-order valence-corrected chi connectivity index (χ1v) is 9.78. The molecule has 12 heteroatoms. The number of aromatic nitrogens is 6. The third-order valence-electron chi connectivity index (χ3n) is 4.34. The lowest BCUT2D eigenvalue weighted by Crippen LogP contribution is -2.11. The van der Waals surface area contributed by atoms with Crippen molar-refractivity contribution in [2.24, 2.45) is 0 Å². The van der Waals surface area contributed by atoms with Crippen LogP contribution in [0.1, 0.15) is 35.7 Å². The van der Waals surface area contributed by atoms with E-state index in [1.54, 1.807) is 38.1 Å². The van der Waals surface area contributed by atoms with Gasteiger partial charge in [-0.15, -0.1) is 10.2 Å². The Kier molecular flexibility index (Phi) is 5.90. The van der Waals surface area contributed by atoms with Gasteiger partial charge in [0.15, 0.2) is 0 Å². The summed E-state index contributed by atoms with van der Waals surface area (Å²) in [5, 5.41) is 15.8. The highest BCUT2D eigenvalue weighted by Gasteiger charge is 2.30. The molecular formula is C21H17F3N6O3. The van der Waals surface area contributed by atoms with Gasteiger partial charge in [0.25, 0.3) is 5.89 Å². The zero-order valence-electron chi connectivity index (χ0n) is 17.4. The Hall–Kier alpha value is -4.09. The van der Waals surface area contributed by atoms with Crippen LogP contribution in [0.25, 0.3) is 22.8 Å². The third kappa shape index (κ3) is 5.22. The molecule has 170 valence electrons. The number of carbonyl (C=O) groups is 1. The highest BCUT2D eigenvalue weighted by molar-refractivity contribution is 5.90. The molecular weight excluding hydrogens is 441 g/mol. The van der Waals surface area contributed by atoms with Gasteiger partial charge >= 0.3 is 12.1 Å². The molecule has 0 amide bonds. The maximum atomic E-state index is 12.9. The molecule has 4 rings (SSSR count). The summed E-state index contributed by atoms with van der Waals surface area (Å²) in [4.78, 5) is 17.4. The van der Waals surface area contributed by atoms with Crippen molar-refractivity contribution < 1.29 is 27.2 Å². The van der Waals surface area contributed by atoms with Gasteiger partial charge in [0.1, 0.15) is 6.54 Å². The lowest BCUT2D eigenvalue weighted by atomic mass is 10.1. The molecule has 0 saturated heterocycles. The predicted molar refractivity (Wildman–Crippen MR) is 108 cm³/mol. The highest BCUT2D eigenvalue weighted by atomic mass is 19.4. The van der Waals surface area contributed by atoms with Gasteiger partial charge in [0.05, 0.1) is 17.2 Å². The number of hydrogen-bond donors (Lipinski definition) is 0. The normalized spacial score (nSPS) is 11.7. The molecule has 0 unspecified atom stereocenters. The summed E-state index contributed by atoms with van der Waals surface area (Å²) in [5.41, 5.74) is 0.250. The second-order valence-corrected chi connectivity index (χ2v) is 7.27. The number of rotatable bonds is 6. The lowest BCUT2D eigenvalue weighted by Gasteiger charge is -2.08. The van der Waals surface area contributed by atoms with Crippen LogP contribution in [0.2, 0.25) is 0 Å². The maximum Gasteiger partial charge on any atom is 0.416 e. The van der Waals surface area contributed by atoms with Crippen molar-refractivity contribution >= 4 is 5.97 Å². The van der Waals surface area contributed by atoms with E-state index in [0.29, 0.717) is 11.1 Å². The quantitative estimate of drug-likeness (QED) is 0.399. The van der Waals surface area contributed by atoms with E-state index < -0.39 is 17.7 Å². The summed E-state index contributed by atoms with van der Waals surface area (Å²) in [7, 11) is 0. The van der Waals surface area contributed by atoms with Crippen molar-refractivity contribution in [3.05, 3.63) is 65.5 Å². The molecule has 0 fully saturated rings. The van der Waals surface area contributed by atoms with Gasteiger partial charge in [-0.05, 0) is 43.3 Å². The Bertz CT molecular complexity index is 1280. The largest absolute Gasteiger partial charge is 0.459 e. The monoisotopic (exact) mass is 458 g/mol. The molecule has 0 atom stereocenters. The third-order valence-corrected chi connectivity index (χ3v) is 4.34. The first-order valence-electron chi connectivity index (χ1n) is 9.78. The molecule has 0 saturated carbocycles. The minimum Gasteiger partial charge on any atom is -0.459 e. The number of ether oxygens (including phenoxy) is 1. The topological polar surface area (TPSA) is 109 Å². The van der Waals surface area contributed by atoms with Gasteiger partial charge in [0.2, 0.25) is 11.6 Å². The first-order chi connectivity index (χ1) is 15.7. The van der Waals surface area contributed by atoms with E-state index in [1.165, 1.54) is 16.9 Å². The molecule has 0 spiro atoms. The van der Waals surface area contributed by atoms with E-state index in [4.69, 9.17) is 9.26 Å². The van der Waals surface area contributed by atoms with Crippen LogP contribution < -0.4 is 0 Å². The van der Waals surface area contributed by atoms with Crippen LogP contribution in [0.15, 0.2) is 53.1 Å². The molecule has 4 aromatic rings. The number of benzene rings is 2. The van der Waals surface area contributed by atoms with Crippen molar-refractivity contribution in [1.82, 2.24) is 30.3 Å². The summed E-state index contributed by atoms with van der Waals surface area (Å²) in [5.74, 6) is -0.118. The maximum absolute atomic E-state index is 12.9. The van der Waals surface area contributed by atoms with Crippen LogP contribution in [-0.4, -0.2) is 42.4 Å². The minimum atomic E-state index is -4.48. The molecule has 2 heterocycles. The molecule has 0 radical (unpaired) electrons. The van der Waals surface area contributed by atoms with E-state index in [0.717, 1.165) is 12.1 Å². The van der Waals surface area contributed by atoms with Crippen LogP contribution in [0.5, 0.6) is 0 Å². The number of alkyl halides is 3. The van der Waals surface area contributed by atoms with Gasteiger partial charge < -0.3 is 9.26 Å². The standard InChI is InChI=1S/C21H17F3N6O3/c1-12(2)32-20(31)15-7-3-5-13(9-15)19-26-29-30(27-19)11-17-25-18(28-33-17)14-6-4-8-16(10-14)21(22,23)24/h3-10,12H,11H2,1-2H3. The van der Waals surface area contributed by atoms with E-state index >= 15 is 0 Å². The molecule has 0 N–H and O–H groups in total. The molecule has 0 bridgehead atoms. The summed E-state index contributed by atoms with van der Waals surface area (Å²) >= 11 is 0. The predicted octanol–water partition coefficient (Wildman–Crippen LogP) is 4.02. The van der Waals surface area contributed by atoms with Crippen LogP contribution in [0.4, 0.5) is 13.2 Å². The van der Waals surface area contributed by atoms with Crippen LogP contribution >= 0.6 is 0 Å². The fourth-order valence-electron chi connectivity index (χ4n) is 2.89. The molecule has 0 aliphatic heterocycles. The molecule has 0 aliphatic carbocycles. The van der Waals surface area contributed by atoms with Gasteiger partial charge in [-0.25, -0.2) is 4.79 Å². The highest BCUT2D eigenvalue weighted by Crippen LogP contribution is 2.31. The van der Waals surface area contributed by atoms with Gasteiger partial charge in [-0.2, -0.15) is 23.0 Å². The van der Waals surface area contributed by atoms with Gasteiger partial charge in [-0.1, -0.05) is 29.4 Å². The average molecular weight is 458 g/mol. The average Bonchev–Trinajstić information content (AvgIpc) is 3.43. The zero-order valence-corrected chi connectivity index (χ0v) is 17.4. The minimum absolute atomic E-state index is 0.00723. The fraction of sp³-hybridized carbons (Fsp3) is 0.238. The van der Waals surface area contributed by atoms with Gasteiger partial charge in [-0.3, -0.25) is 0 Å². The van der Waals surface area contributed by atoms with E-state index in [9.17, 15) is 18.0 Å². The lowest BCUT2D eigenvalue weighted by molar-refractivity contribution is -0.137. The number of carbonyl (C=O) groups excluding carboxylic acids is 1. The Morgan fingerprint density at radius 1 is 1.09 bits per heavy atom. The Morgan fingerprint density at radius 3 is 2.55 bits per heavy atom. The van der Waals surface area contributed by atoms with Crippen LogP contribution in [0.3, 0.4) is 0 Å². The van der Waals surface area contributed by atoms with Gasteiger partial charge in [0, 0.05) is 11.1 Å². The van der Waals surface area contributed by atoms with Crippen molar-refractivity contribution in [2.45, 2.75) is 32.7 Å². The second-order valence-electron chi connectivity index (χ2n) is 7.27. The molecule has 33 heavy (non-hydrogen) atoms. The zero-order chi connectivity index (χ0) is 23.6. The number of esters is 1. The number of nitrogens with zero attached hydrogens (tertiary/aromatic N) is 6. The Balaban J connectivity index is 1.49. The molecule has 0 aliphatic rings. The molecule has 2 aromatic heterocycles. The van der Waals surface area contributed by atoms with E-state index in [2.05, 4.69) is 25.6 Å². The Labute approximate surface area is 185 Å². The van der Waals surface area contributed by atoms with Crippen molar-refractivity contribution in [3.63, 3.8) is 0 Å². The van der Waals surface area contributed by atoms with E-state index in [-0.39, 0.29) is 35.8 Å². The van der Waals surface area contributed by atoms with E-state index in [1.807, 2.05) is 0 Å². The number of tetrazole rings is 1. The SMILES string of the molecule is CC(C)OC(=O)c1cccc(-c2nnn(Cc3nc(-c4cccc(C(F)(F)F)c4)no3)n2)c1. The Morgan fingerprint density at radius 2 is 1.82 bits per heavy atom. The number of hydrogen-bond acceptors (Lipinski definition) is 8. The first kappa shape index (κ1) is 22.1. The number of halogens is 3. The van der Waals surface area contributed by atoms with Crippen LogP contribution in [-0.2, 0) is 17.5 Å². The fourth-order valence-corrected chi connectivity index (χ4v) is 2.89. The van der Waals surface area contributed by atoms with Crippen LogP contribution in [0, 0.1) is 0 Å². The van der Waals surface area contributed by atoms with Crippen molar-refractivity contribution in [3.8, 4) is 22.8 Å². The second kappa shape index (κ2) is 8.81. The molecule has 2 aromatic carbocycles. The summed E-state index contributed by atoms with van der Waals surface area (Å²) in [6, 6.07) is 11.2. The summed E-state index contributed by atoms with van der Waals surface area (Å²) < 4.78 is 49.1. The smallest absolute Gasteiger partial charge is 0.416 e. The van der Waals surface area contributed by atoms with Crippen molar-refractivity contribution in [1.29, 1.82) is 0 Å².